The first-order valence-corrected chi connectivity index (χ1v) is 4.12. The lowest BCUT2D eigenvalue weighted by molar-refractivity contribution is -0.129. The third-order valence-electron chi connectivity index (χ3n) is 1.36. The molecule has 0 saturated carbocycles. The number of ether oxygens (including phenoxy) is 1. The fourth-order valence-electron chi connectivity index (χ4n) is 0.709. The van der Waals surface area contributed by atoms with Gasteiger partial charge in [0.2, 0.25) is 0 Å². The van der Waals surface area contributed by atoms with Crippen LogP contribution < -0.4 is 4.74 Å². The van der Waals surface area contributed by atoms with Crippen molar-refractivity contribution >= 4 is 23.6 Å². The predicted octanol–water partition coefficient (Wildman–Crippen LogP) is 2.15. The summed E-state index contributed by atoms with van der Waals surface area (Å²) in [6.45, 7) is 3.44. The fraction of sp³-hybridized carbons (Fsp3) is 0. The van der Waals surface area contributed by atoms with E-state index in [9.17, 15) is 4.79 Å². The maximum absolute atomic E-state index is 11.1. The topological polar surface area (TPSA) is 26.3 Å². The second-order valence-electron chi connectivity index (χ2n) is 2.35. The van der Waals surface area contributed by atoms with E-state index in [0.29, 0.717) is 5.75 Å². The molecule has 0 aliphatic rings. The van der Waals surface area contributed by atoms with E-state index in [-0.39, 0.29) is 5.57 Å². The van der Waals surface area contributed by atoms with Crippen LogP contribution >= 0.6 is 12.2 Å². The first-order valence-electron chi connectivity index (χ1n) is 3.65. The molecule has 2 nitrogen and oxygen atoms in total. The standard InChI is InChI=1S/C10H8O2S/c1-8(7-13)10(11)12-9-5-3-2-4-6-9/h2-7H,1H2. The van der Waals surface area contributed by atoms with Crippen LogP contribution in [-0.2, 0) is 4.79 Å². The van der Waals surface area contributed by atoms with E-state index >= 15 is 0 Å². The zero-order chi connectivity index (χ0) is 9.68. The van der Waals surface area contributed by atoms with E-state index in [1.54, 1.807) is 24.3 Å². The lowest BCUT2D eigenvalue weighted by Gasteiger charge is -2.01. The second-order valence-corrected chi connectivity index (χ2v) is 2.58. The molecule has 1 rings (SSSR count). The van der Waals surface area contributed by atoms with Crippen molar-refractivity contribution in [3.8, 4) is 5.75 Å². The highest BCUT2D eigenvalue weighted by molar-refractivity contribution is 7.79. The Morgan fingerprint density at radius 2 is 2.00 bits per heavy atom. The number of esters is 1. The van der Waals surface area contributed by atoms with Gasteiger partial charge in [0.05, 0.1) is 5.57 Å². The van der Waals surface area contributed by atoms with Gasteiger partial charge >= 0.3 is 5.97 Å². The van der Waals surface area contributed by atoms with Gasteiger partial charge in [-0.05, 0) is 12.1 Å². The Kier molecular flexibility index (Phi) is 3.34. The summed E-state index contributed by atoms with van der Waals surface area (Å²) in [4.78, 5) is 11.1. The first kappa shape index (κ1) is 9.61. The van der Waals surface area contributed by atoms with Crippen LogP contribution in [0.3, 0.4) is 0 Å². The van der Waals surface area contributed by atoms with Crippen molar-refractivity contribution in [3.05, 3.63) is 42.5 Å². The Labute approximate surface area is 81.8 Å². The van der Waals surface area contributed by atoms with Crippen LogP contribution in [0.25, 0.3) is 0 Å². The Morgan fingerprint density at radius 3 is 2.54 bits per heavy atom. The summed E-state index contributed by atoms with van der Waals surface area (Å²) in [5.74, 6) is -0.0216. The Hall–Kier alpha value is -1.48. The van der Waals surface area contributed by atoms with Crippen LogP contribution in [-0.4, -0.2) is 11.3 Å². The molecule has 0 aliphatic carbocycles. The third kappa shape index (κ3) is 2.80. The minimum Gasteiger partial charge on any atom is -0.423 e. The molecule has 66 valence electrons. The van der Waals surface area contributed by atoms with Crippen LogP contribution in [0.2, 0.25) is 0 Å². The SMILES string of the molecule is C=C(C=S)C(=O)Oc1ccccc1. The lowest BCUT2D eigenvalue weighted by Crippen LogP contribution is -2.10. The van der Waals surface area contributed by atoms with E-state index in [2.05, 4.69) is 18.8 Å². The van der Waals surface area contributed by atoms with Crippen LogP contribution in [0.15, 0.2) is 42.5 Å². The van der Waals surface area contributed by atoms with Gasteiger partial charge in [-0.2, -0.15) is 0 Å². The summed E-state index contributed by atoms with van der Waals surface area (Å²) in [6, 6.07) is 8.78. The Morgan fingerprint density at radius 1 is 1.38 bits per heavy atom. The monoisotopic (exact) mass is 192 g/mol. The number of hydrogen-bond donors (Lipinski definition) is 0. The molecule has 0 aromatic heterocycles. The summed E-state index contributed by atoms with van der Waals surface area (Å²) in [5, 5.41) is 1.20. The van der Waals surface area contributed by atoms with Gasteiger partial charge in [-0.25, -0.2) is 4.79 Å². The van der Waals surface area contributed by atoms with Gasteiger partial charge in [0, 0.05) is 5.37 Å². The number of para-hydroxylation sites is 1. The summed E-state index contributed by atoms with van der Waals surface area (Å²) in [5.41, 5.74) is 0.179. The number of carbonyl (C=O) groups excluding carboxylic acids is 1. The largest absolute Gasteiger partial charge is 0.423 e. The quantitative estimate of drug-likeness (QED) is 0.318. The lowest BCUT2D eigenvalue weighted by atomic mass is 10.3. The molecule has 0 N–H and O–H groups in total. The molecule has 0 spiro atoms. The minimum absolute atomic E-state index is 0.179. The Bertz CT molecular complexity index is 330. The molecule has 0 amide bonds. The smallest absolute Gasteiger partial charge is 0.343 e. The number of benzene rings is 1. The third-order valence-corrected chi connectivity index (χ3v) is 1.64. The molecular formula is C10H8O2S. The van der Waals surface area contributed by atoms with E-state index in [1.165, 1.54) is 5.37 Å². The van der Waals surface area contributed by atoms with E-state index in [1.807, 2.05) is 6.07 Å². The highest BCUT2D eigenvalue weighted by Gasteiger charge is 2.05. The van der Waals surface area contributed by atoms with Crippen LogP contribution in [0.1, 0.15) is 0 Å². The molecule has 0 aliphatic heterocycles. The maximum Gasteiger partial charge on any atom is 0.343 e. The van der Waals surface area contributed by atoms with Crippen molar-refractivity contribution < 1.29 is 9.53 Å². The highest BCUT2D eigenvalue weighted by Crippen LogP contribution is 2.09. The Balaban J connectivity index is 2.65. The number of thiocarbonyl (C=S) groups is 1. The number of rotatable bonds is 3. The highest BCUT2D eigenvalue weighted by atomic mass is 32.1. The number of carbonyl (C=O) groups is 1. The number of hydrogen-bond acceptors (Lipinski definition) is 3. The molecule has 0 atom stereocenters. The van der Waals surface area contributed by atoms with Crippen molar-refractivity contribution in [2.24, 2.45) is 0 Å². The van der Waals surface area contributed by atoms with Crippen LogP contribution in [0.5, 0.6) is 5.75 Å². The van der Waals surface area contributed by atoms with E-state index in [4.69, 9.17) is 4.74 Å². The minimum atomic E-state index is -0.513. The van der Waals surface area contributed by atoms with Crippen molar-refractivity contribution in [2.75, 3.05) is 0 Å². The molecule has 1 aromatic carbocycles. The normalized spacial score (nSPS) is 8.92. The molecule has 13 heavy (non-hydrogen) atoms. The van der Waals surface area contributed by atoms with Gasteiger partial charge in [-0.15, -0.1) is 0 Å². The van der Waals surface area contributed by atoms with Crippen molar-refractivity contribution in [3.63, 3.8) is 0 Å². The zero-order valence-electron chi connectivity index (χ0n) is 6.90. The fourth-order valence-corrected chi connectivity index (χ4v) is 0.805. The maximum atomic E-state index is 11.1. The molecule has 0 heterocycles. The van der Waals surface area contributed by atoms with E-state index in [0.717, 1.165) is 0 Å². The van der Waals surface area contributed by atoms with Gasteiger partial charge in [0.1, 0.15) is 5.75 Å². The van der Waals surface area contributed by atoms with Gasteiger partial charge < -0.3 is 4.74 Å². The molecule has 0 fully saturated rings. The van der Waals surface area contributed by atoms with Crippen molar-refractivity contribution in [2.45, 2.75) is 0 Å². The average molecular weight is 192 g/mol. The van der Waals surface area contributed by atoms with Gasteiger partial charge in [0.25, 0.3) is 0 Å². The zero-order valence-corrected chi connectivity index (χ0v) is 7.71. The molecule has 0 radical (unpaired) electrons. The first-order chi connectivity index (χ1) is 6.24. The second kappa shape index (κ2) is 4.52. The average Bonchev–Trinajstić information content (AvgIpc) is 2.18. The van der Waals surface area contributed by atoms with Gasteiger partial charge in [-0.1, -0.05) is 37.0 Å². The van der Waals surface area contributed by atoms with Crippen LogP contribution in [0.4, 0.5) is 0 Å². The summed E-state index contributed by atoms with van der Waals surface area (Å²) >= 11 is 4.54. The van der Waals surface area contributed by atoms with Crippen LogP contribution in [0, 0.1) is 0 Å². The molecule has 0 unspecified atom stereocenters. The summed E-state index contributed by atoms with van der Waals surface area (Å²) in [6.07, 6.45) is 0. The van der Waals surface area contributed by atoms with Gasteiger partial charge in [0.15, 0.2) is 0 Å². The summed E-state index contributed by atoms with van der Waals surface area (Å²) < 4.78 is 4.93. The molecule has 3 heteroatoms. The molecule has 0 bridgehead atoms. The van der Waals surface area contributed by atoms with E-state index < -0.39 is 5.97 Å². The molecular weight excluding hydrogens is 184 g/mol. The molecule has 0 saturated heterocycles. The van der Waals surface area contributed by atoms with Crippen molar-refractivity contribution in [1.82, 2.24) is 0 Å². The van der Waals surface area contributed by atoms with Crippen molar-refractivity contribution in [1.29, 1.82) is 0 Å². The van der Waals surface area contributed by atoms with Gasteiger partial charge in [-0.3, -0.25) is 0 Å². The summed E-state index contributed by atoms with van der Waals surface area (Å²) in [7, 11) is 0. The molecule has 1 aromatic rings. The predicted molar refractivity (Wildman–Crippen MR) is 54.9 cm³/mol.